The lowest BCUT2D eigenvalue weighted by molar-refractivity contribution is -0.384. The van der Waals surface area contributed by atoms with Gasteiger partial charge in [-0.15, -0.1) is 0 Å². The molecular formula is C19H23N3O5. The molecule has 1 aromatic rings. The van der Waals surface area contributed by atoms with Crippen LogP contribution in [0.25, 0.3) is 0 Å². The summed E-state index contributed by atoms with van der Waals surface area (Å²) >= 11 is 0. The second-order valence-corrected chi connectivity index (χ2v) is 7.21. The van der Waals surface area contributed by atoms with Gasteiger partial charge >= 0.3 is 12.0 Å². The van der Waals surface area contributed by atoms with Crippen LogP contribution in [0.1, 0.15) is 51.1 Å². The quantitative estimate of drug-likeness (QED) is 0.478. The van der Waals surface area contributed by atoms with E-state index >= 15 is 0 Å². The molecule has 0 aromatic heterocycles. The van der Waals surface area contributed by atoms with E-state index in [1.54, 1.807) is 13.0 Å². The molecule has 1 aromatic carbocycles. The minimum absolute atomic E-state index is 0.105. The first-order valence-electron chi connectivity index (χ1n) is 9.08. The third-order valence-corrected chi connectivity index (χ3v) is 5.14. The van der Waals surface area contributed by atoms with Crippen molar-refractivity contribution in [1.29, 1.82) is 0 Å². The van der Waals surface area contributed by atoms with Crippen LogP contribution in [-0.2, 0) is 9.53 Å². The fourth-order valence-corrected chi connectivity index (χ4v) is 3.59. The molecule has 1 heterocycles. The van der Waals surface area contributed by atoms with Crippen LogP contribution in [0.2, 0.25) is 0 Å². The number of non-ortho nitro benzene ring substituents is 1. The minimum Gasteiger partial charge on any atom is -0.459 e. The van der Waals surface area contributed by atoms with Crippen LogP contribution in [0.5, 0.6) is 0 Å². The summed E-state index contributed by atoms with van der Waals surface area (Å²) in [5.74, 6) is 0.130. The van der Waals surface area contributed by atoms with Crippen LogP contribution in [-0.4, -0.2) is 23.0 Å². The number of ether oxygens (including phenoxy) is 1. The smallest absolute Gasteiger partial charge is 0.338 e. The molecule has 2 amide bonds. The zero-order valence-corrected chi connectivity index (χ0v) is 15.4. The van der Waals surface area contributed by atoms with Crippen molar-refractivity contribution >= 4 is 17.7 Å². The standard InChI is InChI=1S/C19H23N3O5/c1-11-6-8-15(9-7-11)27-18(23)16-12(2)20-19(24)21-17(16)13-4-3-5-14(10-13)22(25)26/h3-5,10-11,15,17H,6-9H2,1-2H3,(H2,20,21,24). The lowest BCUT2D eigenvalue weighted by Crippen LogP contribution is -2.45. The molecule has 2 N–H and O–H groups in total. The number of nitrogens with one attached hydrogen (secondary N) is 2. The number of allylic oxidation sites excluding steroid dienone is 1. The largest absolute Gasteiger partial charge is 0.459 e. The fourth-order valence-electron chi connectivity index (χ4n) is 3.59. The van der Waals surface area contributed by atoms with E-state index in [1.807, 2.05) is 0 Å². The number of benzene rings is 1. The number of amides is 2. The SMILES string of the molecule is CC1=C(C(=O)OC2CCC(C)CC2)C(c2cccc([N+](=O)[O-])c2)NC(=O)N1. The molecule has 0 saturated heterocycles. The summed E-state index contributed by atoms with van der Waals surface area (Å²) < 4.78 is 5.69. The maximum absolute atomic E-state index is 12.9. The van der Waals surface area contributed by atoms with Crippen molar-refractivity contribution in [3.63, 3.8) is 0 Å². The fraction of sp³-hybridized carbons (Fsp3) is 0.474. The van der Waals surface area contributed by atoms with Gasteiger partial charge in [-0.05, 0) is 44.1 Å². The van der Waals surface area contributed by atoms with Crippen LogP contribution >= 0.6 is 0 Å². The summed E-state index contributed by atoms with van der Waals surface area (Å²) in [6, 6.07) is 4.64. The van der Waals surface area contributed by atoms with Gasteiger partial charge in [0.1, 0.15) is 6.10 Å². The minimum atomic E-state index is -0.798. The first kappa shape index (κ1) is 18.9. The molecule has 1 aliphatic carbocycles. The number of nitro benzene ring substituents is 1. The molecule has 1 atom stereocenters. The van der Waals surface area contributed by atoms with Gasteiger partial charge < -0.3 is 15.4 Å². The van der Waals surface area contributed by atoms with Crippen LogP contribution in [0.4, 0.5) is 10.5 Å². The highest BCUT2D eigenvalue weighted by molar-refractivity contribution is 5.95. The van der Waals surface area contributed by atoms with Gasteiger partial charge in [0.2, 0.25) is 0 Å². The summed E-state index contributed by atoms with van der Waals surface area (Å²) in [6.07, 6.45) is 3.52. The first-order valence-corrected chi connectivity index (χ1v) is 9.08. The number of hydrogen-bond donors (Lipinski definition) is 2. The van der Waals surface area contributed by atoms with Gasteiger partial charge in [0.05, 0.1) is 16.5 Å². The van der Waals surface area contributed by atoms with E-state index in [-0.39, 0.29) is 17.4 Å². The number of hydrogen-bond acceptors (Lipinski definition) is 5. The highest BCUT2D eigenvalue weighted by Crippen LogP contribution is 2.32. The van der Waals surface area contributed by atoms with Gasteiger partial charge in [-0.2, -0.15) is 0 Å². The number of nitro groups is 1. The van der Waals surface area contributed by atoms with E-state index in [2.05, 4.69) is 17.6 Å². The molecule has 1 saturated carbocycles. The third-order valence-electron chi connectivity index (χ3n) is 5.14. The lowest BCUT2D eigenvalue weighted by atomic mass is 9.88. The molecular weight excluding hydrogens is 350 g/mol. The molecule has 0 radical (unpaired) electrons. The lowest BCUT2D eigenvalue weighted by Gasteiger charge is -2.31. The average molecular weight is 373 g/mol. The number of urea groups is 1. The predicted molar refractivity (Wildman–Crippen MR) is 97.7 cm³/mol. The monoisotopic (exact) mass is 373 g/mol. The van der Waals surface area contributed by atoms with Crippen molar-refractivity contribution in [2.75, 3.05) is 0 Å². The van der Waals surface area contributed by atoms with Gasteiger partial charge in [-0.3, -0.25) is 10.1 Å². The molecule has 1 aliphatic heterocycles. The Hall–Kier alpha value is -2.90. The number of carbonyl (C=O) groups is 2. The topological polar surface area (TPSA) is 111 Å². The van der Waals surface area contributed by atoms with Crippen molar-refractivity contribution in [3.8, 4) is 0 Å². The normalized spacial score (nSPS) is 25.4. The number of rotatable bonds is 4. The van der Waals surface area contributed by atoms with Crippen molar-refractivity contribution < 1.29 is 19.2 Å². The van der Waals surface area contributed by atoms with Crippen molar-refractivity contribution in [2.24, 2.45) is 5.92 Å². The van der Waals surface area contributed by atoms with Crippen LogP contribution in [0.3, 0.4) is 0 Å². The number of nitrogens with zero attached hydrogens (tertiary/aromatic N) is 1. The maximum Gasteiger partial charge on any atom is 0.338 e. The Morgan fingerprint density at radius 2 is 1.96 bits per heavy atom. The van der Waals surface area contributed by atoms with E-state index < -0.39 is 23.0 Å². The molecule has 0 bridgehead atoms. The van der Waals surface area contributed by atoms with Gasteiger partial charge in [0.15, 0.2) is 0 Å². The van der Waals surface area contributed by atoms with Gasteiger partial charge in [0.25, 0.3) is 5.69 Å². The van der Waals surface area contributed by atoms with Crippen LogP contribution in [0, 0.1) is 16.0 Å². The Balaban J connectivity index is 1.86. The molecule has 0 spiro atoms. The van der Waals surface area contributed by atoms with Crippen LogP contribution < -0.4 is 10.6 Å². The molecule has 1 unspecified atom stereocenters. The summed E-state index contributed by atoms with van der Waals surface area (Å²) in [5.41, 5.74) is 1.02. The second-order valence-electron chi connectivity index (χ2n) is 7.21. The van der Waals surface area contributed by atoms with E-state index in [4.69, 9.17) is 4.74 Å². The van der Waals surface area contributed by atoms with Gasteiger partial charge in [0, 0.05) is 17.8 Å². The average Bonchev–Trinajstić information content (AvgIpc) is 2.63. The van der Waals surface area contributed by atoms with Crippen molar-refractivity contribution in [3.05, 3.63) is 51.2 Å². The Bertz CT molecular complexity index is 796. The molecule has 1 fully saturated rings. The van der Waals surface area contributed by atoms with E-state index in [1.165, 1.54) is 18.2 Å². The summed E-state index contributed by atoms with van der Waals surface area (Å²) in [5, 5.41) is 16.3. The summed E-state index contributed by atoms with van der Waals surface area (Å²) in [4.78, 5) is 35.4. The third kappa shape index (κ3) is 4.27. The molecule has 27 heavy (non-hydrogen) atoms. The first-order chi connectivity index (χ1) is 12.8. The van der Waals surface area contributed by atoms with E-state index in [9.17, 15) is 19.7 Å². The number of carbonyl (C=O) groups excluding carboxylic acids is 2. The zero-order valence-electron chi connectivity index (χ0n) is 15.4. The second kappa shape index (κ2) is 7.77. The van der Waals surface area contributed by atoms with Gasteiger partial charge in [-0.1, -0.05) is 19.1 Å². The number of esters is 1. The van der Waals surface area contributed by atoms with E-state index in [0.29, 0.717) is 17.2 Å². The Morgan fingerprint density at radius 3 is 2.63 bits per heavy atom. The molecule has 8 heteroatoms. The molecule has 2 aliphatic rings. The van der Waals surface area contributed by atoms with Crippen LogP contribution in [0.15, 0.2) is 35.5 Å². The Kier molecular flexibility index (Phi) is 5.43. The highest BCUT2D eigenvalue weighted by atomic mass is 16.6. The Morgan fingerprint density at radius 1 is 1.26 bits per heavy atom. The molecule has 3 rings (SSSR count). The maximum atomic E-state index is 12.9. The van der Waals surface area contributed by atoms with Crippen molar-refractivity contribution in [1.82, 2.24) is 10.6 Å². The molecule has 144 valence electrons. The van der Waals surface area contributed by atoms with Gasteiger partial charge in [-0.25, -0.2) is 9.59 Å². The van der Waals surface area contributed by atoms with Crippen molar-refractivity contribution in [2.45, 2.75) is 51.7 Å². The predicted octanol–water partition coefficient (Wildman–Crippen LogP) is 3.34. The summed E-state index contributed by atoms with van der Waals surface area (Å²) in [7, 11) is 0. The van der Waals surface area contributed by atoms with E-state index in [0.717, 1.165) is 25.7 Å². The zero-order chi connectivity index (χ0) is 19.6. The molecule has 8 nitrogen and oxygen atoms in total. The summed E-state index contributed by atoms with van der Waals surface area (Å²) in [6.45, 7) is 3.81. The highest BCUT2D eigenvalue weighted by Gasteiger charge is 2.34. The Labute approximate surface area is 157 Å².